The van der Waals surface area contributed by atoms with E-state index in [1.54, 1.807) is 18.7 Å². The monoisotopic (exact) mass is 375 g/mol. The van der Waals surface area contributed by atoms with Gasteiger partial charge in [-0.1, -0.05) is 6.07 Å². The molecule has 3 heterocycles. The van der Waals surface area contributed by atoms with Crippen molar-refractivity contribution >= 4 is 5.91 Å². The number of amides is 1. The van der Waals surface area contributed by atoms with Crippen molar-refractivity contribution in [1.29, 1.82) is 0 Å². The molecule has 1 atom stereocenters. The summed E-state index contributed by atoms with van der Waals surface area (Å²) in [7, 11) is 0. The van der Waals surface area contributed by atoms with E-state index < -0.39 is 0 Å². The lowest BCUT2D eigenvalue weighted by Gasteiger charge is -2.31. The van der Waals surface area contributed by atoms with Gasteiger partial charge in [-0.25, -0.2) is 4.98 Å². The summed E-state index contributed by atoms with van der Waals surface area (Å²) in [5, 5.41) is 3.44. The molecule has 1 saturated heterocycles. The molecule has 1 aliphatic rings. The second kappa shape index (κ2) is 8.80. The maximum absolute atomic E-state index is 13.4. The van der Waals surface area contributed by atoms with Crippen LogP contribution in [0.25, 0.3) is 5.69 Å². The third-order valence-electron chi connectivity index (χ3n) is 5.22. The molecule has 6 heteroatoms. The Bertz CT molecular complexity index is 869. The number of carbonyl (C=O) groups excluding carboxylic acids is 1. The number of rotatable bonds is 5. The Morgan fingerprint density at radius 1 is 1.11 bits per heavy atom. The zero-order valence-electron chi connectivity index (χ0n) is 15.9. The molecule has 2 aromatic heterocycles. The van der Waals surface area contributed by atoms with Gasteiger partial charge in [0.15, 0.2) is 0 Å². The zero-order valence-corrected chi connectivity index (χ0v) is 15.9. The molecular formula is C22H25N5O. The second-order valence-corrected chi connectivity index (χ2v) is 7.11. The van der Waals surface area contributed by atoms with Crippen molar-refractivity contribution in [1.82, 2.24) is 24.8 Å². The number of hydrogen-bond donors (Lipinski definition) is 1. The van der Waals surface area contributed by atoms with Crippen LogP contribution in [0.3, 0.4) is 0 Å². The molecule has 1 fully saturated rings. The van der Waals surface area contributed by atoms with Crippen molar-refractivity contribution in [3.05, 3.63) is 78.6 Å². The second-order valence-electron chi connectivity index (χ2n) is 7.11. The number of imidazole rings is 1. The molecule has 1 aromatic carbocycles. The van der Waals surface area contributed by atoms with Crippen molar-refractivity contribution in [3.8, 4) is 5.69 Å². The topological polar surface area (TPSA) is 63.1 Å². The number of nitrogens with one attached hydrogen (secondary N) is 1. The Labute approximate surface area is 165 Å². The molecule has 1 unspecified atom stereocenters. The third kappa shape index (κ3) is 4.28. The van der Waals surface area contributed by atoms with Gasteiger partial charge >= 0.3 is 0 Å². The smallest absolute Gasteiger partial charge is 0.254 e. The fourth-order valence-corrected chi connectivity index (χ4v) is 3.70. The third-order valence-corrected chi connectivity index (χ3v) is 5.22. The van der Waals surface area contributed by atoms with Gasteiger partial charge in [-0.2, -0.15) is 0 Å². The van der Waals surface area contributed by atoms with Crippen LogP contribution < -0.4 is 5.32 Å². The Kier molecular flexibility index (Phi) is 5.77. The van der Waals surface area contributed by atoms with Crippen molar-refractivity contribution in [3.63, 3.8) is 0 Å². The predicted octanol–water partition coefficient (Wildman–Crippen LogP) is 3.05. The van der Waals surface area contributed by atoms with E-state index in [-0.39, 0.29) is 11.9 Å². The zero-order chi connectivity index (χ0) is 19.2. The highest BCUT2D eigenvalue weighted by Gasteiger charge is 2.26. The summed E-state index contributed by atoms with van der Waals surface area (Å²) in [6.07, 6.45) is 10.2. The molecule has 1 amide bonds. The van der Waals surface area contributed by atoms with Crippen LogP contribution >= 0.6 is 0 Å². The Morgan fingerprint density at radius 3 is 2.75 bits per heavy atom. The van der Waals surface area contributed by atoms with Gasteiger partial charge in [0, 0.05) is 35.9 Å². The van der Waals surface area contributed by atoms with E-state index in [0.29, 0.717) is 12.1 Å². The molecule has 144 valence electrons. The van der Waals surface area contributed by atoms with Crippen LogP contribution in [0.15, 0.2) is 67.4 Å². The Hall–Kier alpha value is -2.99. The minimum atomic E-state index is 0.0646. The molecular weight excluding hydrogens is 350 g/mol. The molecule has 0 bridgehead atoms. The van der Waals surface area contributed by atoms with Gasteiger partial charge in [0.25, 0.3) is 5.91 Å². The first-order valence-electron chi connectivity index (χ1n) is 9.81. The first kappa shape index (κ1) is 18.4. The van der Waals surface area contributed by atoms with E-state index in [0.717, 1.165) is 43.7 Å². The predicted molar refractivity (Wildman–Crippen MR) is 108 cm³/mol. The summed E-state index contributed by atoms with van der Waals surface area (Å²) in [4.78, 5) is 23.9. The van der Waals surface area contributed by atoms with E-state index in [2.05, 4.69) is 15.3 Å². The molecule has 1 N–H and O–H groups in total. The number of carbonyl (C=O) groups is 1. The van der Waals surface area contributed by atoms with Crippen molar-refractivity contribution in [2.24, 2.45) is 0 Å². The molecule has 28 heavy (non-hydrogen) atoms. The lowest BCUT2D eigenvalue weighted by Crippen LogP contribution is -2.40. The van der Waals surface area contributed by atoms with Crippen LogP contribution in [0.2, 0.25) is 0 Å². The lowest BCUT2D eigenvalue weighted by atomic mass is 10.0. The highest BCUT2D eigenvalue weighted by molar-refractivity contribution is 5.94. The summed E-state index contributed by atoms with van der Waals surface area (Å²) in [6, 6.07) is 13.8. The van der Waals surface area contributed by atoms with Gasteiger partial charge in [0.2, 0.25) is 0 Å². The van der Waals surface area contributed by atoms with Gasteiger partial charge in [0.05, 0.1) is 18.6 Å². The standard InChI is InChI=1S/C22H25N5O/c28-22(18-6-8-20(9-7-18)26-15-14-24-17-26)27(16-19-4-1-2-12-25-19)21-5-3-11-23-13-10-21/h1-2,4,6-9,12,14-15,17,21,23H,3,5,10-11,13,16H2. The molecule has 3 aromatic rings. The molecule has 0 aliphatic carbocycles. The molecule has 1 aliphatic heterocycles. The number of pyridine rings is 1. The average Bonchev–Trinajstić information content (AvgIpc) is 3.15. The SMILES string of the molecule is O=C(c1ccc(-n2ccnc2)cc1)N(Cc1ccccn1)C1CCCNCC1. The summed E-state index contributed by atoms with van der Waals surface area (Å²) in [6.45, 7) is 2.49. The number of hydrogen-bond acceptors (Lipinski definition) is 4. The van der Waals surface area contributed by atoms with Gasteiger partial charge in [-0.3, -0.25) is 9.78 Å². The van der Waals surface area contributed by atoms with E-state index >= 15 is 0 Å². The quantitative estimate of drug-likeness (QED) is 0.744. The van der Waals surface area contributed by atoms with Crippen LogP contribution in [-0.2, 0) is 6.54 Å². The van der Waals surface area contributed by atoms with Crippen LogP contribution in [0.5, 0.6) is 0 Å². The molecule has 0 spiro atoms. The average molecular weight is 375 g/mol. The highest BCUT2D eigenvalue weighted by atomic mass is 16.2. The maximum atomic E-state index is 13.4. The van der Waals surface area contributed by atoms with E-state index in [1.807, 2.05) is 58.1 Å². The Balaban J connectivity index is 1.58. The van der Waals surface area contributed by atoms with Crippen molar-refractivity contribution in [2.75, 3.05) is 13.1 Å². The normalized spacial score (nSPS) is 17.1. The fourth-order valence-electron chi connectivity index (χ4n) is 3.70. The van der Waals surface area contributed by atoms with Crippen LogP contribution in [0.1, 0.15) is 35.3 Å². The van der Waals surface area contributed by atoms with E-state index in [9.17, 15) is 4.79 Å². The first-order valence-corrected chi connectivity index (χ1v) is 9.81. The number of nitrogens with zero attached hydrogens (tertiary/aromatic N) is 4. The number of aromatic nitrogens is 3. The van der Waals surface area contributed by atoms with Gasteiger partial charge < -0.3 is 14.8 Å². The molecule has 0 radical (unpaired) electrons. The van der Waals surface area contributed by atoms with E-state index in [1.165, 1.54) is 0 Å². The Morgan fingerprint density at radius 2 is 2.00 bits per heavy atom. The van der Waals surface area contributed by atoms with Gasteiger partial charge in [-0.05, 0) is 68.8 Å². The largest absolute Gasteiger partial charge is 0.330 e. The minimum Gasteiger partial charge on any atom is -0.330 e. The maximum Gasteiger partial charge on any atom is 0.254 e. The van der Waals surface area contributed by atoms with Crippen molar-refractivity contribution < 1.29 is 4.79 Å². The van der Waals surface area contributed by atoms with Crippen LogP contribution in [0, 0.1) is 0 Å². The van der Waals surface area contributed by atoms with E-state index in [4.69, 9.17) is 0 Å². The lowest BCUT2D eigenvalue weighted by molar-refractivity contribution is 0.0642. The fraction of sp³-hybridized carbons (Fsp3) is 0.318. The van der Waals surface area contributed by atoms with Crippen molar-refractivity contribution in [2.45, 2.75) is 31.8 Å². The summed E-state index contributed by atoms with van der Waals surface area (Å²) in [5.74, 6) is 0.0646. The summed E-state index contributed by atoms with van der Waals surface area (Å²) >= 11 is 0. The van der Waals surface area contributed by atoms with Crippen LogP contribution in [-0.4, -0.2) is 44.5 Å². The molecule has 6 nitrogen and oxygen atoms in total. The summed E-state index contributed by atoms with van der Waals surface area (Å²) in [5.41, 5.74) is 2.61. The first-order chi connectivity index (χ1) is 13.8. The summed E-state index contributed by atoms with van der Waals surface area (Å²) < 4.78 is 1.93. The molecule has 0 saturated carbocycles. The minimum absolute atomic E-state index is 0.0646. The van der Waals surface area contributed by atoms with Gasteiger partial charge in [-0.15, -0.1) is 0 Å². The van der Waals surface area contributed by atoms with Gasteiger partial charge in [0.1, 0.15) is 0 Å². The molecule has 4 rings (SSSR count). The number of benzene rings is 1. The van der Waals surface area contributed by atoms with Crippen LogP contribution in [0.4, 0.5) is 0 Å². The highest BCUT2D eigenvalue weighted by Crippen LogP contribution is 2.20.